The van der Waals surface area contributed by atoms with Gasteiger partial charge in [-0.1, -0.05) is 6.07 Å². The van der Waals surface area contributed by atoms with Crippen molar-refractivity contribution in [2.24, 2.45) is 0 Å². The number of carbonyl (C=O) groups is 4. The highest BCUT2D eigenvalue weighted by Crippen LogP contribution is 2.16. The number of aliphatic hydroxyl groups excluding tert-OH is 2. The Morgan fingerprint density at radius 3 is 1.79 bits per heavy atom. The SMILES string of the molecule is CC(C(=O)O)N1CCN(C(CCC(=O)NCC(O)CO)C(=O)O)CCN(C(C)C(=O)O)Cc2cccc(n2)C1. The van der Waals surface area contributed by atoms with Crippen LogP contribution in [0.1, 0.15) is 38.1 Å². The van der Waals surface area contributed by atoms with Gasteiger partial charge in [0, 0.05) is 52.2 Å². The summed E-state index contributed by atoms with van der Waals surface area (Å²) in [7, 11) is 0. The largest absolute Gasteiger partial charge is 0.480 e. The first-order chi connectivity index (χ1) is 18.4. The molecule has 0 aliphatic carbocycles. The van der Waals surface area contributed by atoms with Crippen LogP contribution < -0.4 is 5.32 Å². The smallest absolute Gasteiger partial charge is 0.320 e. The van der Waals surface area contributed by atoms with Crippen molar-refractivity contribution in [1.82, 2.24) is 25.0 Å². The van der Waals surface area contributed by atoms with E-state index in [0.29, 0.717) is 11.4 Å². The summed E-state index contributed by atoms with van der Waals surface area (Å²) in [6.45, 7) is 3.43. The molecule has 14 heteroatoms. The Morgan fingerprint density at radius 1 is 0.872 bits per heavy atom. The number of pyridine rings is 1. The number of aliphatic carboxylic acids is 3. The molecule has 1 amide bonds. The van der Waals surface area contributed by atoms with Gasteiger partial charge in [0.25, 0.3) is 0 Å². The first kappa shape index (κ1) is 32.0. The summed E-state index contributed by atoms with van der Waals surface area (Å²) in [4.78, 5) is 57.7. The highest BCUT2D eigenvalue weighted by atomic mass is 16.4. The van der Waals surface area contributed by atoms with Crippen LogP contribution in [0.3, 0.4) is 0 Å². The number of carbonyl (C=O) groups excluding carboxylic acids is 1. The highest BCUT2D eigenvalue weighted by Gasteiger charge is 2.31. The zero-order valence-electron chi connectivity index (χ0n) is 22.3. The van der Waals surface area contributed by atoms with Crippen molar-refractivity contribution < 1.29 is 44.7 Å². The minimum Gasteiger partial charge on any atom is -0.480 e. The maximum absolute atomic E-state index is 12.3. The molecule has 2 bridgehead atoms. The number of nitrogens with one attached hydrogen (secondary N) is 1. The van der Waals surface area contributed by atoms with Crippen LogP contribution in [0.5, 0.6) is 0 Å². The number of aromatic nitrogens is 1. The molecule has 6 N–H and O–H groups in total. The standard InChI is InChI=1S/C25H39N5O9/c1-16(23(34)35)29-10-8-28(21(25(38)39)6-7-22(33)26-12-20(32)15-31)9-11-30(17(2)24(36)37)14-19-5-3-4-18(13-29)27-19/h3-5,16-17,20-21,31-32H,6-15H2,1-2H3,(H,26,33)(H,34,35)(H,36,37)(H,38,39). The van der Waals surface area contributed by atoms with Crippen LogP contribution in [0, 0.1) is 0 Å². The Labute approximate surface area is 226 Å². The number of carboxylic acid groups (broad SMARTS) is 3. The Kier molecular flexibility index (Phi) is 12.7. The Balaban J connectivity index is 2.33. The van der Waals surface area contributed by atoms with Gasteiger partial charge in [0.05, 0.1) is 24.1 Å². The fourth-order valence-electron chi connectivity index (χ4n) is 4.31. The van der Waals surface area contributed by atoms with Gasteiger partial charge in [-0.05, 0) is 32.4 Å². The van der Waals surface area contributed by atoms with Crippen LogP contribution in [-0.4, -0.2) is 133 Å². The van der Waals surface area contributed by atoms with E-state index >= 15 is 0 Å². The molecule has 14 nitrogen and oxygen atoms in total. The molecule has 4 atom stereocenters. The van der Waals surface area contributed by atoms with Crippen molar-refractivity contribution in [3.05, 3.63) is 29.6 Å². The lowest BCUT2D eigenvalue weighted by Gasteiger charge is -2.36. The normalized spacial score (nSPS) is 19.1. The molecule has 218 valence electrons. The first-order valence-corrected chi connectivity index (χ1v) is 12.8. The minimum absolute atomic E-state index is 0.0695. The molecule has 1 aromatic heterocycles. The Morgan fingerprint density at radius 2 is 1.36 bits per heavy atom. The van der Waals surface area contributed by atoms with Crippen LogP contribution in [-0.2, 0) is 32.3 Å². The molecule has 0 fully saturated rings. The average Bonchev–Trinajstić information content (AvgIpc) is 2.89. The van der Waals surface area contributed by atoms with Gasteiger partial charge < -0.3 is 30.8 Å². The number of amides is 1. The second kappa shape index (κ2) is 15.4. The van der Waals surface area contributed by atoms with Gasteiger partial charge in [-0.2, -0.15) is 0 Å². The van der Waals surface area contributed by atoms with Gasteiger partial charge >= 0.3 is 17.9 Å². The molecule has 0 aromatic carbocycles. The lowest BCUT2D eigenvalue weighted by molar-refractivity contribution is -0.146. The monoisotopic (exact) mass is 553 g/mol. The van der Waals surface area contributed by atoms with Crippen LogP contribution in [0.15, 0.2) is 18.2 Å². The maximum atomic E-state index is 12.3. The number of nitrogens with zero attached hydrogens (tertiary/aromatic N) is 4. The molecule has 39 heavy (non-hydrogen) atoms. The third kappa shape index (κ3) is 10.1. The number of carboxylic acids is 3. The number of rotatable bonds is 12. The summed E-state index contributed by atoms with van der Waals surface area (Å²) in [5.41, 5.74) is 1.21. The fourth-order valence-corrected chi connectivity index (χ4v) is 4.31. The third-order valence-electron chi connectivity index (χ3n) is 6.87. The van der Waals surface area contributed by atoms with Gasteiger partial charge in [-0.25, -0.2) is 0 Å². The maximum Gasteiger partial charge on any atom is 0.320 e. The molecule has 1 aromatic rings. The molecule has 0 saturated heterocycles. The van der Waals surface area contributed by atoms with Crippen molar-refractivity contribution in [2.45, 2.75) is 64.0 Å². The zero-order valence-corrected chi connectivity index (χ0v) is 22.3. The summed E-state index contributed by atoms with van der Waals surface area (Å²) in [6, 6.07) is 2.43. The molecule has 0 radical (unpaired) electrons. The van der Waals surface area contributed by atoms with Gasteiger partial charge in [0.2, 0.25) is 5.91 Å². The number of fused-ring (bicyclic) bond motifs is 2. The summed E-state index contributed by atoms with van der Waals surface area (Å²) in [5.74, 6) is -3.74. The molecule has 0 saturated carbocycles. The predicted molar refractivity (Wildman–Crippen MR) is 138 cm³/mol. The molecule has 1 aliphatic heterocycles. The molecular weight excluding hydrogens is 514 g/mol. The molecular formula is C25H39N5O9. The minimum atomic E-state index is -1.17. The summed E-state index contributed by atoms with van der Waals surface area (Å²) >= 11 is 0. The predicted octanol–water partition coefficient (Wildman–Crippen LogP) is -1.35. The lowest BCUT2D eigenvalue weighted by Crippen LogP contribution is -2.51. The second-order valence-electron chi connectivity index (χ2n) is 9.66. The van der Waals surface area contributed by atoms with E-state index in [1.165, 1.54) is 0 Å². The van der Waals surface area contributed by atoms with Gasteiger partial charge in [-0.15, -0.1) is 0 Å². The van der Waals surface area contributed by atoms with E-state index in [1.54, 1.807) is 46.7 Å². The molecule has 2 heterocycles. The molecule has 4 unspecified atom stereocenters. The van der Waals surface area contributed by atoms with Crippen LogP contribution in [0.4, 0.5) is 0 Å². The van der Waals surface area contributed by atoms with Crippen LogP contribution in [0.2, 0.25) is 0 Å². The van der Waals surface area contributed by atoms with Crippen molar-refractivity contribution in [2.75, 3.05) is 39.3 Å². The fraction of sp³-hybridized carbons (Fsp3) is 0.640. The van der Waals surface area contributed by atoms with Crippen molar-refractivity contribution in [3.8, 4) is 0 Å². The Hall–Kier alpha value is -3.17. The molecule has 2 rings (SSSR count). The summed E-state index contributed by atoms with van der Waals surface area (Å²) in [5, 5.41) is 50.1. The topological polar surface area (TPSA) is 204 Å². The second-order valence-corrected chi connectivity index (χ2v) is 9.66. The third-order valence-corrected chi connectivity index (χ3v) is 6.87. The van der Waals surface area contributed by atoms with Crippen molar-refractivity contribution in [1.29, 1.82) is 0 Å². The molecule has 0 spiro atoms. The lowest BCUT2D eigenvalue weighted by atomic mass is 10.1. The van der Waals surface area contributed by atoms with E-state index < -0.39 is 54.7 Å². The van der Waals surface area contributed by atoms with E-state index in [9.17, 15) is 39.6 Å². The number of hydrogen-bond acceptors (Lipinski definition) is 10. The number of hydrogen-bond donors (Lipinski definition) is 6. The average molecular weight is 554 g/mol. The Bertz CT molecular complexity index is 945. The summed E-state index contributed by atoms with van der Waals surface area (Å²) in [6.07, 6.45) is -1.36. The van der Waals surface area contributed by atoms with Gasteiger partial charge in [0.15, 0.2) is 0 Å². The van der Waals surface area contributed by atoms with Crippen molar-refractivity contribution >= 4 is 23.8 Å². The van der Waals surface area contributed by atoms with E-state index in [2.05, 4.69) is 10.3 Å². The van der Waals surface area contributed by atoms with Crippen LogP contribution >= 0.6 is 0 Å². The van der Waals surface area contributed by atoms with E-state index in [1.807, 2.05) is 0 Å². The first-order valence-electron chi connectivity index (χ1n) is 12.8. The highest BCUT2D eigenvalue weighted by molar-refractivity contribution is 5.78. The quantitative estimate of drug-likeness (QED) is 0.177. The van der Waals surface area contributed by atoms with Gasteiger partial charge in [-0.3, -0.25) is 38.9 Å². The number of aliphatic hydroxyl groups is 2. The van der Waals surface area contributed by atoms with Crippen molar-refractivity contribution in [3.63, 3.8) is 0 Å². The van der Waals surface area contributed by atoms with E-state index in [-0.39, 0.29) is 58.7 Å². The van der Waals surface area contributed by atoms with Gasteiger partial charge in [0.1, 0.15) is 18.1 Å². The molecule has 1 aliphatic rings. The van der Waals surface area contributed by atoms with E-state index in [4.69, 9.17) is 5.11 Å². The summed E-state index contributed by atoms with van der Waals surface area (Å²) < 4.78 is 0. The zero-order chi connectivity index (χ0) is 29.1. The van der Waals surface area contributed by atoms with Crippen LogP contribution in [0.25, 0.3) is 0 Å². The van der Waals surface area contributed by atoms with E-state index in [0.717, 1.165) is 0 Å².